The lowest BCUT2D eigenvalue weighted by Crippen LogP contribution is -1.77. The van der Waals surface area contributed by atoms with Crippen molar-refractivity contribution in [2.45, 2.75) is 178 Å². The van der Waals surface area contributed by atoms with Crippen LogP contribution in [-0.4, -0.2) is 24.0 Å². The molecule has 2 heteroatoms. The average molecular weight is 507 g/mol. The molecule has 31 heavy (non-hydrogen) atoms. The predicted molar refractivity (Wildman–Crippen MR) is 188 cm³/mol. The zero-order chi connectivity index (χ0) is 11.8. The summed E-state index contributed by atoms with van der Waals surface area (Å²) in [7, 11) is 0. The van der Waals surface area contributed by atoms with Crippen molar-refractivity contribution in [3.63, 3.8) is 0 Å². The second-order valence-electron chi connectivity index (χ2n) is 3.75. The Kier molecular flexibility index (Phi) is 1020. The molecular formula is C29H94S2. The molecular weight excluding hydrogens is 412 g/mol. The van der Waals surface area contributed by atoms with Crippen molar-refractivity contribution in [1.29, 1.82) is 0 Å². The van der Waals surface area contributed by atoms with Gasteiger partial charge in [0.05, 0.1) is 0 Å². The van der Waals surface area contributed by atoms with E-state index < -0.39 is 0 Å². The molecule has 0 aliphatic heterocycles. The van der Waals surface area contributed by atoms with Crippen LogP contribution in [0.2, 0.25) is 0 Å². The molecule has 0 radical (unpaired) electrons. The number of hydrogen-bond donors (Lipinski definition) is 0. The van der Waals surface area contributed by atoms with Crippen LogP contribution in [0.1, 0.15) is 178 Å². The Bertz CT molecular complexity index is 76.8. The molecule has 0 bridgehead atoms. The topological polar surface area (TPSA) is 0 Å². The molecule has 0 spiro atoms. The third-order valence-electron chi connectivity index (χ3n) is 2.15. The van der Waals surface area contributed by atoms with Gasteiger partial charge in [-0.25, -0.2) is 0 Å². The summed E-state index contributed by atoms with van der Waals surface area (Å²) < 4.78 is 0. The zero-order valence-electron chi connectivity index (χ0n) is 11.2. The summed E-state index contributed by atoms with van der Waals surface area (Å²) in [5, 5.41) is 0. The molecule has 0 nitrogen and oxygen atoms in total. The molecule has 222 valence electrons. The van der Waals surface area contributed by atoms with Gasteiger partial charge < -0.3 is 0 Å². The van der Waals surface area contributed by atoms with Gasteiger partial charge in [0.1, 0.15) is 0 Å². The number of rotatable bonds is 9. The van der Waals surface area contributed by atoms with E-state index in [4.69, 9.17) is 0 Å². The maximum Gasteiger partial charge on any atom is -0.00703 e. The molecule has 0 aliphatic rings. The highest BCUT2D eigenvalue weighted by atomic mass is 32.2. The quantitative estimate of drug-likeness (QED) is 0.285. The summed E-state index contributed by atoms with van der Waals surface area (Å²) in [6.07, 6.45) is 14.1. The maximum atomic E-state index is 2.25. The van der Waals surface area contributed by atoms with Crippen LogP contribution in [0, 0.1) is 0 Å². The van der Waals surface area contributed by atoms with Crippen LogP contribution in [0.15, 0.2) is 0 Å². The standard InChI is InChI=1S/C7H16S.C6H14S.16CH4/c1-3-4-5-6-7-8-2;1-3-4-5-6-7-2;;;;;;;;;;;;;;;;/h3-7H2,1-2H3;3-6H2,1-2H3;16*1H4. The van der Waals surface area contributed by atoms with E-state index in [2.05, 4.69) is 26.4 Å². The first-order valence-electron chi connectivity index (χ1n) is 6.31. The fourth-order valence-corrected chi connectivity index (χ4v) is 2.16. The highest BCUT2D eigenvalue weighted by Crippen LogP contribution is 2.03. The van der Waals surface area contributed by atoms with Crippen molar-refractivity contribution < 1.29 is 0 Å². The lowest BCUT2D eigenvalue weighted by atomic mass is 10.2. The first kappa shape index (κ1) is 159. The van der Waals surface area contributed by atoms with E-state index in [9.17, 15) is 0 Å². The zero-order valence-corrected chi connectivity index (χ0v) is 12.8. The minimum absolute atomic E-state index is 0. The summed E-state index contributed by atoms with van der Waals surface area (Å²) in [4.78, 5) is 0. The molecule has 0 saturated carbocycles. The highest BCUT2D eigenvalue weighted by molar-refractivity contribution is 7.98. The molecule has 0 aromatic rings. The van der Waals surface area contributed by atoms with Gasteiger partial charge in [0.25, 0.3) is 0 Å². The largest absolute Gasteiger partial charge is 0.165 e. The fraction of sp³-hybridized carbons (Fsp3) is 1.00. The van der Waals surface area contributed by atoms with Crippen molar-refractivity contribution in [2.75, 3.05) is 24.0 Å². The molecule has 0 aromatic heterocycles. The van der Waals surface area contributed by atoms with E-state index in [1.165, 1.54) is 56.5 Å². The van der Waals surface area contributed by atoms with Gasteiger partial charge >= 0.3 is 0 Å². The Hall–Kier alpha value is 0.700. The first-order chi connectivity index (χ1) is 7.33. The Balaban J connectivity index is -0.00000000450. The molecule has 0 amide bonds. The average Bonchev–Trinajstić information content (AvgIpc) is 2.26. The van der Waals surface area contributed by atoms with Crippen molar-refractivity contribution in [2.24, 2.45) is 0 Å². The third kappa shape index (κ3) is 269. The smallest absolute Gasteiger partial charge is 0.00703 e. The number of unbranched alkanes of at least 4 members (excludes halogenated alkanes) is 5. The van der Waals surface area contributed by atoms with Crippen molar-refractivity contribution in [3.8, 4) is 0 Å². The van der Waals surface area contributed by atoms with Crippen LogP contribution in [-0.2, 0) is 0 Å². The van der Waals surface area contributed by atoms with Crippen LogP contribution in [0.25, 0.3) is 0 Å². The summed E-state index contributed by atoms with van der Waals surface area (Å²) in [6.45, 7) is 4.49. The fourth-order valence-electron chi connectivity index (χ4n) is 1.17. The molecule has 0 aromatic carbocycles. The Morgan fingerprint density at radius 3 is 0.710 bits per heavy atom. The highest BCUT2D eigenvalue weighted by Gasteiger charge is 1.83. The lowest BCUT2D eigenvalue weighted by molar-refractivity contribution is 0.707. The van der Waals surface area contributed by atoms with Crippen LogP contribution in [0.4, 0.5) is 0 Å². The molecule has 0 heterocycles. The van der Waals surface area contributed by atoms with Gasteiger partial charge in [-0.15, -0.1) is 0 Å². The minimum Gasteiger partial charge on any atom is -0.165 e. The van der Waals surface area contributed by atoms with Gasteiger partial charge in [-0.3, -0.25) is 0 Å². The maximum absolute atomic E-state index is 2.25. The van der Waals surface area contributed by atoms with Crippen molar-refractivity contribution >= 4 is 23.5 Å². The molecule has 0 N–H and O–H groups in total. The first-order valence-corrected chi connectivity index (χ1v) is 9.10. The molecule has 0 atom stereocenters. The van der Waals surface area contributed by atoms with E-state index in [1.54, 1.807) is 0 Å². The molecule has 0 aliphatic carbocycles. The van der Waals surface area contributed by atoms with Gasteiger partial charge in [0.2, 0.25) is 0 Å². The third-order valence-corrected chi connectivity index (χ3v) is 3.55. The van der Waals surface area contributed by atoms with Crippen LogP contribution < -0.4 is 0 Å². The normalized spacial score (nSPS) is 4.65. The van der Waals surface area contributed by atoms with E-state index in [1.807, 2.05) is 23.5 Å². The van der Waals surface area contributed by atoms with Gasteiger partial charge in [-0.05, 0) is 36.9 Å². The predicted octanol–water partition coefficient (Wildman–Crippen LogP) is 15.6. The van der Waals surface area contributed by atoms with Crippen LogP contribution in [0.3, 0.4) is 0 Å². The summed E-state index contributed by atoms with van der Waals surface area (Å²) in [5.41, 5.74) is 0. The molecule has 0 unspecified atom stereocenters. The van der Waals surface area contributed by atoms with E-state index in [0.717, 1.165) is 0 Å². The summed E-state index contributed by atoms with van der Waals surface area (Å²) in [5.74, 6) is 2.69. The lowest BCUT2D eigenvalue weighted by Gasteiger charge is -1.93. The molecule has 0 fully saturated rings. The van der Waals surface area contributed by atoms with Crippen LogP contribution in [0.5, 0.6) is 0 Å². The monoisotopic (exact) mass is 507 g/mol. The number of hydrogen-bond acceptors (Lipinski definition) is 2. The van der Waals surface area contributed by atoms with Gasteiger partial charge in [-0.1, -0.05) is 165 Å². The van der Waals surface area contributed by atoms with Crippen LogP contribution >= 0.6 is 23.5 Å². The molecule has 0 saturated heterocycles. The van der Waals surface area contributed by atoms with E-state index >= 15 is 0 Å². The second-order valence-corrected chi connectivity index (χ2v) is 5.72. The Morgan fingerprint density at radius 1 is 0.323 bits per heavy atom. The Morgan fingerprint density at radius 2 is 0.516 bits per heavy atom. The summed E-state index contributed by atoms with van der Waals surface area (Å²) in [6, 6.07) is 0. The second kappa shape index (κ2) is 198. The van der Waals surface area contributed by atoms with Crippen molar-refractivity contribution in [3.05, 3.63) is 0 Å². The minimum atomic E-state index is 0. The van der Waals surface area contributed by atoms with Gasteiger partial charge in [0, 0.05) is 0 Å². The Labute approximate surface area is 224 Å². The van der Waals surface area contributed by atoms with Gasteiger partial charge in [-0.2, -0.15) is 23.5 Å². The van der Waals surface area contributed by atoms with E-state index in [-0.39, 0.29) is 119 Å². The summed E-state index contributed by atoms with van der Waals surface area (Å²) >= 11 is 3.89. The van der Waals surface area contributed by atoms with E-state index in [0.29, 0.717) is 0 Å². The number of thioether (sulfide) groups is 2. The van der Waals surface area contributed by atoms with Crippen molar-refractivity contribution in [1.82, 2.24) is 0 Å². The van der Waals surface area contributed by atoms with Gasteiger partial charge in [0.15, 0.2) is 0 Å². The SMILES string of the molecule is C.C.C.C.C.C.C.C.C.C.C.C.C.C.C.C.CCCCCCSC.CCCCCSC. The molecule has 0 rings (SSSR count).